The van der Waals surface area contributed by atoms with E-state index in [1.165, 1.54) is 0 Å². The average molecular weight is 326 g/mol. The Morgan fingerprint density at radius 3 is 2.71 bits per heavy atom. The highest BCUT2D eigenvalue weighted by molar-refractivity contribution is 6.42. The van der Waals surface area contributed by atoms with Crippen LogP contribution in [0.4, 0.5) is 5.82 Å². The molecule has 112 valence electrons. The van der Waals surface area contributed by atoms with Gasteiger partial charge in [-0.25, -0.2) is 4.98 Å². The molecule has 0 aliphatic rings. The van der Waals surface area contributed by atoms with Crippen LogP contribution >= 0.6 is 23.2 Å². The first-order chi connectivity index (χ1) is 10.1. The summed E-state index contributed by atoms with van der Waals surface area (Å²) in [6.45, 7) is 4.87. The summed E-state index contributed by atoms with van der Waals surface area (Å²) >= 11 is 12.1. The van der Waals surface area contributed by atoms with Crippen LogP contribution in [-0.2, 0) is 6.42 Å². The quantitative estimate of drug-likeness (QED) is 0.815. The predicted molar refractivity (Wildman–Crippen MR) is 86.7 cm³/mol. The minimum Gasteiger partial charge on any atom is -0.437 e. The van der Waals surface area contributed by atoms with Gasteiger partial charge in [-0.2, -0.15) is 4.98 Å². The standard InChI is InChI=1S/C15H17Cl2N3O/c1-3-6-12-19-13(18-4-2)9-14(20-12)21-11-8-5-7-10(16)15(11)17/h5,7-9H,3-4,6H2,1-2H3,(H,18,19,20). The van der Waals surface area contributed by atoms with E-state index < -0.39 is 0 Å². The Kier molecular flexibility index (Phi) is 5.65. The van der Waals surface area contributed by atoms with Crippen LogP contribution in [0.2, 0.25) is 10.0 Å². The second kappa shape index (κ2) is 7.48. The second-order valence-corrected chi connectivity index (χ2v) is 5.23. The number of nitrogens with one attached hydrogen (secondary N) is 1. The third-order valence-corrected chi connectivity index (χ3v) is 3.51. The molecule has 2 aromatic rings. The van der Waals surface area contributed by atoms with Gasteiger partial charge in [0.1, 0.15) is 22.4 Å². The number of hydrogen-bond donors (Lipinski definition) is 1. The normalized spacial score (nSPS) is 10.5. The molecule has 0 saturated carbocycles. The summed E-state index contributed by atoms with van der Waals surface area (Å²) < 4.78 is 5.76. The van der Waals surface area contributed by atoms with Gasteiger partial charge in [0.15, 0.2) is 0 Å². The van der Waals surface area contributed by atoms with Crippen molar-refractivity contribution in [1.29, 1.82) is 0 Å². The van der Waals surface area contributed by atoms with Gasteiger partial charge in [-0.3, -0.25) is 0 Å². The number of benzene rings is 1. The summed E-state index contributed by atoms with van der Waals surface area (Å²) in [5.41, 5.74) is 0. The van der Waals surface area contributed by atoms with Gasteiger partial charge >= 0.3 is 0 Å². The Morgan fingerprint density at radius 1 is 1.19 bits per heavy atom. The van der Waals surface area contributed by atoms with Crippen LogP contribution < -0.4 is 10.1 Å². The van der Waals surface area contributed by atoms with E-state index >= 15 is 0 Å². The maximum absolute atomic E-state index is 6.13. The molecule has 2 rings (SSSR count). The van der Waals surface area contributed by atoms with Crippen molar-refractivity contribution in [3.8, 4) is 11.6 Å². The molecule has 0 fully saturated rings. The van der Waals surface area contributed by atoms with Crippen LogP contribution in [0.1, 0.15) is 26.1 Å². The second-order valence-electron chi connectivity index (χ2n) is 4.44. The minimum atomic E-state index is 0.375. The summed E-state index contributed by atoms with van der Waals surface area (Å²) in [6, 6.07) is 6.99. The highest BCUT2D eigenvalue weighted by atomic mass is 35.5. The fraction of sp³-hybridized carbons (Fsp3) is 0.333. The number of aromatic nitrogens is 2. The molecule has 4 nitrogen and oxygen atoms in total. The van der Waals surface area contributed by atoms with E-state index in [4.69, 9.17) is 27.9 Å². The molecule has 21 heavy (non-hydrogen) atoms. The first kappa shape index (κ1) is 15.9. The molecule has 0 spiro atoms. The summed E-state index contributed by atoms with van der Waals surface area (Å²) in [7, 11) is 0. The van der Waals surface area contributed by atoms with Crippen LogP contribution in [0.15, 0.2) is 24.3 Å². The van der Waals surface area contributed by atoms with Crippen LogP contribution in [-0.4, -0.2) is 16.5 Å². The summed E-state index contributed by atoms with van der Waals surface area (Å²) in [5, 5.41) is 3.99. The lowest BCUT2D eigenvalue weighted by molar-refractivity contribution is 0.459. The minimum absolute atomic E-state index is 0.375. The van der Waals surface area contributed by atoms with Crippen LogP contribution in [0.3, 0.4) is 0 Å². The molecule has 0 bridgehead atoms. The summed E-state index contributed by atoms with van der Waals surface area (Å²) in [4.78, 5) is 8.83. The van der Waals surface area contributed by atoms with Crippen LogP contribution in [0.5, 0.6) is 11.6 Å². The van der Waals surface area contributed by atoms with Gasteiger partial charge < -0.3 is 10.1 Å². The number of nitrogens with zero attached hydrogens (tertiary/aromatic N) is 2. The van der Waals surface area contributed by atoms with Crippen molar-refractivity contribution in [3.05, 3.63) is 40.1 Å². The number of aryl methyl sites for hydroxylation is 1. The zero-order valence-electron chi connectivity index (χ0n) is 12.0. The van der Waals surface area contributed by atoms with Crippen molar-refractivity contribution < 1.29 is 4.74 Å². The lowest BCUT2D eigenvalue weighted by Crippen LogP contribution is -2.04. The van der Waals surface area contributed by atoms with Crippen molar-refractivity contribution >= 4 is 29.0 Å². The lowest BCUT2D eigenvalue weighted by atomic mass is 10.3. The van der Waals surface area contributed by atoms with Gasteiger partial charge in [0, 0.05) is 19.0 Å². The number of rotatable bonds is 6. The molecule has 0 unspecified atom stereocenters. The number of halogens is 2. The molecule has 6 heteroatoms. The van der Waals surface area contributed by atoms with Crippen molar-refractivity contribution in [2.45, 2.75) is 26.7 Å². The van der Waals surface area contributed by atoms with Crippen molar-refractivity contribution in [2.24, 2.45) is 0 Å². The number of ether oxygens (including phenoxy) is 1. The molecule has 0 aliphatic heterocycles. The molecule has 0 radical (unpaired) electrons. The highest BCUT2D eigenvalue weighted by Gasteiger charge is 2.10. The molecule has 0 aliphatic carbocycles. The van der Waals surface area contributed by atoms with E-state index in [1.807, 2.05) is 6.92 Å². The van der Waals surface area contributed by atoms with Crippen molar-refractivity contribution in [2.75, 3.05) is 11.9 Å². The summed E-state index contributed by atoms with van der Waals surface area (Å²) in [6.07, 6.45) is 1.76. The number of hydrogen-bond acceptors (Lipinski definition) is 4. The Hall–Kier alpha value is -1.52. The SMILES string of the molecule is CCCc1nc(NCC)cc(Oc2cccc(Cl)c2Cl)n1. The van der Waals surface area contributed by atoms with E-state index in [2.05, 4.69) is 22.2 Å². The molecule has 0 saturated heterocycles. The number of anilines is 1. The first-order valence-electron chi connectivity index (χ1n) is 6.87. The Morgan fingerprint density at radius 2 is 2.00 bits per heavy atom. The largest absolute Gasteiger partial charge is 0.437 e. The molecule has 0 atom stereocenters. The van der Waals surface area contributed by atoms with Gasteiger partial charge in [-0.1, -0.05) is 36.2 Å². The predicted octanol–water partition coefficient (Wildman–Crippen LogP) is 4.96. The van der Waals surface area contributed by atoms with Gasteiger partial charge in [0.25, 0.3) is 0 Å². The third kappa shape index (κ3) is 4.22. The summed E-state index contributed by atoms with van der Waals surface area (Å²) in [5.74, 6) is 2.41. The molecule has 0 amide bonds. The molecule has 1 heterocycles. The van der Waals surface area contributed by atoms with Gasteiger partial charge in [0.05, 0.1) is 5.02 Å². The third-order valence-electron chi connectivity index (χ3n) is 2.71. The topological polar surface area (TPSA) is 47.0 Å². The molecule has 1 N–H and O–H groups in total. The Bertz CT molecular complexity index is 596. The molecular weight excluding hydrogens is 309 g/mol. The zero-order valence-corrected chi connectivity index (χ0v) is 13.5. The highest BCUT2D eigenvalue weighted by Crippen LogP contribution is 2.34. The lowest BCUT2D eigenvalue weighted by Gasteiger charge is -2.11. The van der Waals surface area contributed by atoms with Gasteiger partial charge in [-0.15, -0.1) is 0 Å². The van der Waals surface area contributed by atoms with E-state index in [0.717, 1.165) is 31.0 Å². The Balaban J connectivity index is 2.31. The average Bonchev–Trinajstić information content (AvgIpc) is 2.44. The van der Waals surface area contributed by atoms with Crippen molar-refractivity contribution in [1.82, 2.24) is 9.97 Å². The van der Waals surface area contributed by atoms with E-state index in [9.17, 15) is 0 Å². The first-order valence-corrected chi connectivity index (χ1v) is 7.63. The monoisotopic (exact) mass is 325 g/mol. The molecule has 1 aromatic carbocycles. The maximum Gasteiger partial charge on any atom is 0.224 e. The smallest absolute Gasteiger partial charge is 0.224 e. The van der Waals surface area contributed by atoms with Gasteiger partial charge in [-0.05, 0) is 25.5 Å². The van der Waals surface area contributed by atoms with Crippen LogP contribution in [0.25, 0.3) is 0 Å². The van der Waals surface area contributed by atoms with E-state index in [-0.39, 0.29) is 0 Å². The maximum atomic E-state index is 6.13. The molecular formula is C15H17Cl2N3O. The van der Waals surface area contributed by atoms with E-state index in [1.54, 1.807) is 24.3 Å². The molecule has 1 aromatic heterocycles. The van der Waals surface area contributed by atoms with E-state index in [0.29, 0.717) is 21.7 Å². The fourth-order valence-corrected chi connectivity index (χ4v) is 2.14. The Labute approximate surface area is 134 Å². The zero-order chi connectivity index (χ0) is 15.2. The van der Waals surface area contributed by atoms with Crippen molar-refractivity contribution in [3.63, 3.8) is 0 Å². The van der Waals surface area contributed by atoms with Gasteiger partial charge in [0.2, 0.25) is 5.88 Å². The van der Waals surface area contributed by atoms with Crippen LogP contribution in [0, 0.1) is 0 Å². The fourth-order valence-electron chi connectivity index (χ4n) is 1.81.